The van der Waals surface area contributed by atoms with E-state index in [0.717, 1.165) is 28.1 Å². The molecule has 0 aromatic heterocycles. The molecule has 0 fully saturated rings. The highest BCUT2D eigenvalue weighted by atomic mass is 32.2. The molecular weight excluding hydrogens is 192 g/mol. The maximum absolute atomic E-state index is 10.9. The summed E-state index contributed by atoms with van der Waals surface area (Å²) in [5.74, 6) is 1.10. The number of hydrogen-bond acceptors (Lipinski definition) is 2. The van der Waals surface area contributed by atoms with Crippen molar-refractivity contribution in [1.82, 2.24) is 0 Å². The average molecular weight is 208 g/mol. The summed E-state index contributed by atoms with van der Waals surface area (Å²) < 4.78 is 0. The second kappa shape index (κ2) is 5.86. The monoisotopic (exact) mass is 208 g/mol. The Morgan fingerprint density at radius 2 is 2.21 bits per heavy atom. The summed E-state index contributed by atoms with van der Waals surface area (Å²) in [6.45, 7) is 4.16. The van der Waals surface area contributed by atoms with Crippen molar-refractivity contribution in [2.24, 2.45) is 0 Å². The van der Waals surface area contributed by atoms with Gasteiger partial charge in [0.25, 0.3) is 0 Å². The lowest BCUT2D eigenvalue weighted by Crippen LogP contribution is -1.90. The van der Waals surface area contributed by atoms with Gasteiger partial charge in [-0.2, -0.15) is 0 Å². The van der Waals surface area contributed by atoms with Gasteiger partial charge in [0.15, 0.2) is 6.29 Å². The van der Waals surface area contributed by atoms with E-state index < -0.39 is 0 Å². The topological polar surface area (TPSA) is 17.1 Å². The molecule has 0 aliphatic rings. The van der Waals surface area contributed by atoms with Crippen LogP contribution in [0.4, 0.5) is 0 Å². The largest absolute Gasteiger partial charge is 0.298 e. The average Bonchev–Trinajstić information content (AvgIpc) is 2.18. The van der Waals surface area contributed by atoms with Crippen LogP contribution in [-0.4, -0.2) is 12.0 Å². The Hall–Kier alpha value is -0.760. The first-order valence-electron chi connectivity index (χ1n) is 4.97. The van der Waals surface area contributed by atoms with E-state index in [4.69, 9.17) is 0 Å². The molecular formula is C12H16OS. The maximum atomic E-state index is 10.9. The molecule has 1 aromatic rings. The first-order chi connectivity index (χ1) is 6.79. The number of carbonyl (C=O) groups excluding carboxylic acids is 1. The Kier molecular flexibility index (Phi) is 4.74. The molecule has 0 unspecified atom stereocenters. The number of unbranched alkanes of at least 4 members (excludes halogenated alkanes) is 1. The molecule has 0 atom stereocenters. The van der Waals surface area contributed by atoms with E-state index >= 15 is 0 Å². The van der Waals surface area contributed by atoms with Crippen LogP contribution in [0.2, 0.25) is 0 Å². The van der Waals surface area contributed by atoms with E-state index in [1.54, 1.807) is 11.8 Å². The summed E-state index contributed by atoms with van der Waals surface area (Å²) in [5, 5.41) is 0. The molecule has 0 spiro atoms. The molecule has 0 amide bonds. The SMILES string of the molecule is CCCCSc1cccc(C)c1C=O. The van der Waals surface area contributed by atoms with Gasteiger partial charge >= 0.3 is 0 Å². The first kappa shape index (κ1) is 11.3. The van der Waals surface area contributed by atoms with Crippen molar-refractivity contribution in [3.05, 3.63) is 29.3 Å². The summed E-state index contributed by atoms with van der Waals surface area (Å²) in [7, 11) is 0. The van der Waals surface area contributed by atoms with Gasteiger partial charge in [0.1, 0.15) is 0 Å². The third kappa shape index (κ3) is 2.88. The molecule has 1 aromatic carbocycles. The molecule has 0 aliphatic carbocycles. The van der Waals surface area contributed by atoms with Gasteiger partial charge in [-0.25, -0.2) is 0 Å². The van der Waals surface area contributed by atoms with E-state index in [-0.39, 0.29) is 0 Å². The molecule has 0 saturated carbocycles. The lowest BCUT2D eigenvalue weighted by atomic mass is 10.1. The van der Waals surface area contributed by atoms with Crippen molar-refractivity contribution in [1.29, 1.82) is 0 Å². The molecule has 14 heavy (non-hydrogen) atoms. The van der Waals surface area contributed by atoms with Gasteiger partial charge in [-0.3, -0.25) is 4.79 Å². The molecule has 0 heterocycles. The number of rotatable bonds is 5. The van der Waals surface area contributed by atoms with Crippen molar-refractivity contribution in [3.8, 4) is 0 Å². The zero-order valence-electron chi connectivity index (χ0n) is 8.75. The van der Waals surface area contributed by atoms with Crippen LogP contribution in [-0.2, 0) is 0 Å². The second-order valence-electron chi connectivity index (χ2n) is 3.31. The smallest absolute Gasteiger partial charge is 0.151 e. The highest BCUT2D eigenvalue weighted by molar-refractivity contribution is 7.99. The normalized spacial score (nSPS) is 10.1. The van der Waals surface area contributed by atoms with Crippen LogP contribution in [0.3, 0.4) is 0 Å². The van der Waals surface area contributed by atoms with Crippen molar-refractivity contribution in [3.63, 3.8) is 0 Å². The van der Waals surface area contributed by atoms with Gasteiger partial charge in [0, 0.05) is 10.5 Å². The Labute approximate surface area is 89.9 Å². The molecule has 2 heteroatoms. The van der Waals surface area contributed by atoms with Gasteiger partial charge in [0.2, 0.25) is 0 Å². The van der Waals surface area contributed by atoms with Crippen LogP contribution < -0.4 is 0 Å². The standard InChI is InChI=1S/C12H16OS/c1-3-4-8-14-12-7-5-6-10(2)11(12)9-13/h5-7,9H,3-4,8H2,1-2H3. The highest BCUT2D eigenvalue weighted by Crippen LogP contribution is 2.24. The highest BCUT2D eigenvalue weighted by Gasteiger charge is 2.03. The molecule has 1 nitrogen and oxygen atoms in total. The van der Waals surface area contributed by atoms with Gasteiger partial charge in [-0.15, -0.1) is 11.8 Å². The van der Waals surface area contributed by atoms with Gasteiger partial charge < -0.3 is 0 Å². The van der Waals surface area contributed by atoms with Crippen molar-refractivity contribution >= 4 is 18.0 Å². The third-order valence-corrected chi connectivity index (χ3v) is 3.32. The van der Waals surface area contributed by atoms with Crippen LogP contribution in [0.1, 0.15) is 35.7 Å². The Morgan fingerprint density at radius 1 is 1.43 bits per heavy atom. The number of aryl methyl sites for hydroxylation is 1. The lowest BCUT2D eigenvalue weighted by molar-refractivity contribution is 0.112. The number of benzene rings is 1. The summed E-state index contributed by atoms with van der Waals surface area (Å²) >= 11 is 1.78. The van der Waals surface area contributed by atoms with E-state index in [1.165, 1.54) is 12.8 Å². The lowest BCUT2D eigenvalue weighted by Gasteiger charge is -2.06. The van der Waals surface area contributed by atoms with Gasteiger partial charge in [0.05, 0.1) is 0 Å². The van der Waals surface area contributed by atoms with Gasteiger partial charge in [-0.1, -0.05) is 25.5 Å². The molecule has 0 aliphatic heterocycles. The fourth-order valence-electron chi connectivity index (χ4n) is 1.26. The number of carbonyl (C=O) groups is 1. The zero-order valence-corrected chi connectivity index (χ0v) is 9.56. The van der Waals surface area contributed by atoms with Crippen molar-refractivity contribution in [2.45, 2.75) is 31.6 Å². The van der Waals surface area contributed by atoms with Crippen LogP contribution >= 0.6 is 11.8 Å². The van der Waals surface area contributed by atoms with E-state index in [2.05, 4.69) is 6.92 Å². The van der Waals surface area contributed by atoms with Gasteiger partial charge in [-0.05, 0) is 30.7 Å². The minimum absolute atomic E-state index is 0.855. The minimum atomic E-state index is 0.855. The Bertz CT molecular complexity index is 307. The second-order valence-corrected chi connectivity index (χ2v) is 4.44. The summed E-state index contributed by atoms with van der Waals surface area (Å²) in [6.07, 6.45) is 3.37. The number of aldehydes is 1. The predicted molar refractivity (Wildman–Crippen MR) is 62.2 cm³/mol. The van der Waals surface area contributed by atoms with Crippen LogP contribution in [0, 0.1) is 6.92 Å². The van der Waals surface area contributed by atoms with E-state index in [9.17, 15) is 4.79 Å². The minimum Gasteiger partial charge on any atom is -0.298 e. The fraction of sp³-hybridized carbons (Fsp3) is 0.417. The van der Waals surface area contributed by atoms with Crippen LogP contribution in [0.5, 0.6) is 0 Å². The van der Waals surface area contributed by atoms with Crippen molar-refractivity contribution < 1.29 is 4.79 Å². The van der Waals surface area contributed by atoms with Crippen LogP contribution in [0.15, 0.2) is 23.1 Å². The summed E-state index contributed by atoms with van der Waals surface area (Å²) in [6, 6.07) is 6.02. The maximum Gasteiger partial charge on any atom is 0.151 e. The Balaban J connectivity index is 2.75. The zero-order chi connectivity index (χ0) is 10.4. The van der Waals surface area contributed by atoms with E-state index in [1.807, 2.05) is 25.1 Å². The van der Waals surface area contributed by atoms with E-state index in [0.29, 0.717) is 0 Å². The van der Waals surface area contributed by atoms with Crippen molar-refractivity contribution in [2.75, 3.05) is 5.75 Å². The molecule has 1 rings (SSSR count). The molecule has 0 saturated heterocycles. The number of thioether (sulfide) groups is 1. The van der Waals surface area contributed by atoms with Crippen LogP contribution in [0.25, 0.3) is 0 Å². The Morgan fingerprint density at radius 3 is 2.86 bits per heavy atom. The molecule has 0 N–H and O–H groups in total. The predicted octanol–water partition coefficient (Wildman–Crippen LogP) is 3.70. The molecule has 76 valence electrons. The molecule has 0 bridgehead atoms. The molecule has 0 radical (unpaired) electrons. The third-order valence-electron chi connectivity index (χ3n) is 2.16. The quantitative estimate of drug-likeness (QED) is 0.417. The summed E-state index contributed by atoms with van der Waals surface area (Å²) in [5.41, 5.74) is 1.93. The fourth-order valence-corrected chi connectivity index (χ4v) is 2.45. The first-order valence-corrected chi connectivity index (χ1v) is 5.95. The number of hydrogen-bond donors (Lipinski definition) is 0. The summed E-state index contributed by atoms with van der Waals surface area (Å²) in [4.78, 5) is 12.0.